The summed E-state index contributed by atoms with van der Waals surface area (Å²) in [4.78, 5) is 0. The van der Waals surface area contributed by atoms with Crippen LogP contribution >= 0.6 is 0 Å². The van der Waals surface area contributed by atoms with Gasteiger partial charge in [-0.05, 0) is 41.1 Å². The highest BCUT2D eigenvalue weighted by atomic mass is 28.4. The van der Waals surface area contributed by atoms with E-state index in [2.05, 4.69) is 81.4 Å². The third-order valence-electron chi connectivity index (χ3n) is 6.93. The van der Waals surface area contributed by atoms with Crippen molar-refractivity contribution in [3.8, 4) is 0 Å². The number of hydrogen-bond acceptors (Lipinski definition) is 4. The third-order valence-corrected chi connectivity index (χ3v) is 11.9. The number of aliphatic hydroxyl groups is 3. The minimum absolute atomic E-state index is 0.00123. The summed E-state index contributed by atoms with van der Waals surface area (Å²) in [6.07, 6.45) is 4.14. The van der Waals surface area contributed by atoms with Gasteiger partial charge in [0, 0.05) is 17.4 Å². The van der Waals surface area contributed by atoms with Crippen LogP contribution in [0.2, 0.25) is 5.04 Å². The topological polar surface area (TPSA) is 69.9 Å². The van der Waals surface area contributed by atoms with E-state index in [1.54, 1.807) is 0 Å². The molecule has 2 aromatic rings. The summed E-state index contributed by atoms with van der Waals surface area (Å²) in [6.45, 7) is 8.06. The molecule has 2 aliphatic carbocycles. The lowest BCUT2D eigenvalue weighted by atomic mass is 10.1. The first-order valence-electron chi connectivity index (χ1n) is 11.3. The van der Waals surface area contributed by atoms with Crippen molar-refractivity contribution in [3.63, 3.8) is 0 Å². The molecule has 31 heavy (non-hydrogen) atoms. The molecule has 0 atom stereocenters. The zero-order chi connectivity index (χ0) is 22.6. The van der Waals surface area contributed by atoms with Gasteiger partial charge >= 0.3 is 0 Å². The fourth-order valence-electron chi connectivity index (χ4n) is 4.09. The predicted octanol–water partition coefficient (Wildman–Crippen LogP) is 3.09. The Balaban J connectivity index is 0.000000330. The normalized spacial score (nSPS) is 18.6. The summed E-state index contributed by atoms with van der Waals surface area (Å²) in [7, 11) is -2.45. The van der Waals surface area contributed by atoms with E-state index in [9.17, 15) is 5.11 Å². The molecule has 0 heterocycles. The van der Waals surface area contributed by atoms with Gasteiger partial charge in [-0.2, -0.15) is 0 Å². The molecule has 3 N–H and O–H groups in total. The maximum absolute atomic E-state index is 9.73. The van der Waals surface area contributed by atoms with E-state index in [0.29, 0.717) is 6.61 Å². The van der Waals surface area contributed by atoms with E-state index in [1.807, 2.05) is 0 Å². The number of rotatable bonds is 8. The smallest absolute Gasteiger partial charge is 0.261 e. The predicted molar refractivity (Wildman–Crippen MR) is 128 cm³/mol. The van der Waals surface area contributed by atoms with Gasteiger partial charge in [-0.25, -0.2) is 0 Å². The van der Waals surface area contributed by atoms with Crippen LogP contribution in [-0.4, -0.2) is 50.1 Å². The molecule has 2 fully saturated rings. The van der Waals surface area contributed by atoms with Crippen molar-refractivity contribution in [2.45, 2.75) is 51.5 Å². The van der Waals surface area contributed by atoms with Crippen molar-refractivity contribution in [1.82, 2.24) is 0 Å². The Morgan fingerprint density at radius 3 is 1.35 bits per heavy atom. The van der Waals surface area contributed by atoms with E-state index in [1.165, 1.54) is 10.4 Å². The summed E-state index contributed by atoms with van der Waals surface area (Å²) in [5, 5.41) is 29.3. The molecule has 0 spiro atoms. The molecule has 2 aliphatic rings. The summed E-state index contributed by atoms with van der Waals surface area (Å²) in [6, 6.07) is 21.4. The van der Waals surface area contributed by atoms with Crippen molar-refractivity contribution in [2.24, 2.45) is 10.8 Å². The lowest BCUT2D eigenvalue weighted by Gasteiger charge is -2.43. The summed E-state index contributed by atoms with van der Waals surface area (Å²) >= 11 is 0. The first kappa shape index (κ1) is 24.1. The van der Waals surface area contributed by atoms with Crippen LogP contribution in [0.4, 0.5) is 0 Å². The number of aliphatic hydroxyl groups excluding tert-OH is 3. The van der Waals surface area contributed by atoms with E-state index in [0.717, 1.165) is 25.7 Å². The van der Waals surface area contributed by atoms with Gasteiger partial charge in [0.1, 0.15) is 0 Å². The van der Waals surface area contributed by atoms with Gasteiger partial charge in [-0.3, -0.25) is 0 Å². The van der Waals surface area contributed by atoms with Crippen LogP contribution in [0.25, 0.3) is 0 Å². The zero-order valence-electron chi connectivity index (χ0n) is 19.2. The Morgan fingerprint density at radius 1 is 0.710 bits per heavy atom. The standard InChI is InChI=1S/C21H28O2Si.C5H10O2/c1-20(2,3)24(18-10-6-4-7-11-18,19-12-8-5-9-13-19)23-17-21(16-22)14-15-21;6-3-5(4-7)1-2-5/h4-13,22H,14-17H2,1-3H3;6-7H,1-4H2. The van der Waals surface area contributed by atoms with Gasteiger partial charge in [0.05, 0.1) is 19.8 Å². The zero-order valence-corrected chi connectivity index (χ0v) is 20.2. The highest BCUT2D eigenvalue weighted by molar-refractivity contribution is 6.99. The lowest BCUT2D eigenvalue weighted by Crippen LogP contribution is -2.67. The maximum atomic E-state index is 9.73. The highest BCUT2D eigenvalue weighted by Gasteiger charge is 2.53. The second-order valence-electron chi connectivity index (χ2n) is 10.4. The molecule has 0 bridgehead atoms. The largest absolute Gasteiger partial charge is 0.407 e. The SMILES string of the molecule is CC(C)(C)[Si](OCC1(CO)CC1)(c1ccccc1)c1ccccc1.OCC1(CO)CC1. The lowest BCUT2D eigenvalue weighted by molar-refractivity contribution is 0.134. The van der Waals surface area contributed by atoms with Crippen LogP contribution in [-0.2, 0) is 4.43 Å². The Kier molecular flexibility index (Phi) is 7.44. The quantitative estimate of drug-likeness (QED) is 0.550. The van der Waals surface area contributed by atoms with Crippen LogP contribution in [0.15, 0.2) is 60.7 Å². The molecule has 5 heteroatoms. The van der Waals surface area contributed by atoms with Crippen molar-refractivity contribution >= 4 is 18.7 Å². The Labute approximate surface area is 188 Å². The molecule has 2 saturated carbocycles. The Hall–Kier alpha value is -1.50. The molecule has 0 unspecified atom stereocenters. The van der Waals surface area contributed by atoms with E-state index >= 15 is 0 Å². The van der Waals surface area contributed by atoms with Gasteiger partial charge in [-0.1, -0.05) is 81.4 Å². The molecule has 4 nitrogen and oxygen atoms in total. The first-order chi connectivity index (χ1) is 14.8. The molecule has 2 aromatic carbocycles. The number of benzene rings is 2. The van der Waals surface area contributed by atoms with Crippen molar-refractivity contribution < 1.29 is 19.7 Å². The summed E-state index contributed by atoms with van der Waals surface area (Å²) in [5.41, 5.74) is -0.0624. The van der Waals surface area contributed by atoms with Crippen LogP contribution in [0.5, 0.6) is 0 Å². The van der Waals surface area contributed by atoms with Gasteiger partial charge in [0.2, 0.25) is 0 Å². The van der Waals surface area contributed by atoms with E-state index in [4.69, 9.17) is 14.6 Å². The summed E-state index contributed by atoms with van der Waals surface area (Å²) < 4.78 is 6.86. The fraction of sp³-hybridized carbons (Fsp3) is 0.538. The second kappa shape index (κ2) is 9.55. The summed E-state index contributed by atoms with van der Waals surface area (Å²) in [5.74, 6) is 0. The number of hydrogen-bond donors (Lipinski definition) is 3. The molecular weight excluding hydrogens is 404 g/mol. The monoisotopic (exact) mass is 442 g/mol. The van der Waals surface area contributed by atoms with Crippen LogP contribution in [0, 0.1) is 10.8 Å². The second-order valence-corrected chi connectivity index (χ2v) is 14.7. The van der Waals surface area contributed by atoms with Crippen molar-refractivity contribution in [1.29, 1.82) is 0 Å². The third kappa shape index (κ3) is 5.29. The van der Waals surface area contributed by atoms with E-state index in [-0.39, 0.29) is 35.7 Å². The van der Waals surface area contributed by atoms with Gasteiger partial charge in [0.15, 0.2) is 0 Å². The van der Waals surface area contributed by atoms with Gasteiger partial charge in [0.25, 0.3) is 8.32 Å². The Bertz CT molecular complexity index is 763. The molecular formula is C26H38O4Si. The molecule has 0 saturated heterocycles. The minimum atomic E-state index is -2.45. The van der Waals surface area contributed by atoms with Gasteiger partial charge < -0.3 is 19.7 Å². The fourth-order valence-corrected chi connectivity index (χ4v) is 8.77. The molecule has 0 aliphatic heterocycles. The molecule has 4 rings (SSSR count). The Morgan fingerprint density at radius 2 is 1.10 bits per heavy atom. The van der Waals surface area contributed by atoms with Gasteiger partial charge in [-0.15, -0.1) is 0 Å². The van der Waals surface area contributed by atoms with Crippen LogP contribution in [0.3, 0.4) is 0 Å². The molecule has 0 amide bonds. The molecule has 0 radical (unpaired) electrons. The first-order valence-corrected chi connectivity index (χ1v) is 13.2. The average molecular weight is 443 g/mol. The highest BCUT2D eigenvalue weighted by Crippen LogP contribution is 2.47. The van der Waals surface area contributed by atoms with Crippen LogP contribution < -0.4 is 10.4 Å². The average Bonchev–Trinajstić information content (AvgIpc) is 3.71. The molecule has 0 aromatic heterocycles. The van der Waals surface area contributed by atoms with Crippen molar-refractivity contribution in [2.75, 3.05) is 26.4 Å². The maximum Gasteiger partial charge on any atom is 0.261 e. The molecule has 170 valence electrons. The van der Waals surface area contributed by atoms with Crippen LogP contribution in [0.1, 0.15) is 46.5 Å². The van der Waals surface area contributed by atoms with E-state index < -0.39 is 8.32 Å². The minimum Gasteiger partial charge on any atom is -0.407 e. The van der Waals surface area contributed by atoms with Crippen molar-refractivity contribution in [3.05, 3.63) is 60.7 Å².